The average Bonchev–Trinajstić information content (AvgIpc) is 2.35. The van der Waals surface area contributed by atoms with E-state index >= 15 is 0 Å². The summed E-state index contributed by atoms with van der Waals surface area (Å²) >= 11 is 0. The van der Waals surface area contributed by atoms with Gasteiger partial charge in [0.2, 0.25) is 0 Å². The fourth-order valence-corrected chi connectivity index (χ4v) is 1.41. The Labute approximate surface area is 105 Å². The van der Waals surface area contributed by atoms with E-state index in [1.165, 1.54) is 24.3 Å². The highest BCUT2D eigenvalue weighted by Gasteiger charge is 2.06. The Hall–Kier alpha value is -1.88. The Morgan fingerprint density at radius 1 is 1.06 bits per heavy atom. The first-order valence-corrected chi connectivity index (χ1v) is 5.78. The molecule has 18 heavy (non-hydrogen) atoms. The molecule has 0 aliphatic rings. The largest absolute Gasteiger partial charge is 0.478 e. The van der Waals surface area contributed by atoms with Crippen LogP contribution in [0.3, 0.4) is 0 Å². The fourth-order valence-electron chi connectivity index (χ4n) is 1.41. The number of carbonyl (C=O) groups excluding carboxylic acids is 1. The van der Waals surface area contributed by atoms with Gasteiger partial charge in [-0.15, -0.1) is 0 Å². The molecule has 0 aromatic heterocycles. The number of carboxylic acids is 1. The first-order chi connectivity index (χ1) is 8.63. The quantitative estimate of drug-likeness (QED) is 0.439. The lowest BCUT2D eigenvalue weighted by Gasteiger charge is -2.04. The smallest absolute Gasteiger partial charge is 0.335 e. The monoisotopic (exact) mass is 252 g/mol. The van der Waals surface area contributed by atoms with Gasteiger partial charge in [-0.05, 0) is 37.1 Å². The lowest BCUT2D eigenvalue weighted by molar-refractivity contribution is -0.134. The Kier molecular flexibility index (Phi) is 5.87. The van der Waals surface area contributed by atoms with Gasteiger partial charge in [0.25, 0.3) is 0 Å². The van der Waals surface area contributed by atoms with Crippen molar-refractivity contribution in [2.75, 3.05) is 6.61 Å². The van der Waals surface area contributed by atoms with Crippen LogP contribution in [0.5, 0.6) is 5.75 Å². The Bertz CT molecular complexity index is 396. The molecule has 0 spiro atoms. The van der Waals surface area contributed by atoms with Gasteiger partial charge in [-0.3, -0.25) is 4.79 Å². The Balaban J connectivity index is 2.37. The summed E-state index contributed by atoms with van der Waals surface area (Å²) in [5.74, 6) is -1.03. The topological polar surface area (TPSA) is 83.8 Å². The first-order valence-electron chi connectivity index (χ1n) is 5.78. The summed E-state index contributed by atoms with van der Waals surface area (Å²) in [7, 11) is 0. The number of carbonyl (C=O) groups is 2. The number of ether oxygens (including phenoxy) is 1. The highest BCUT2D eigenvalue weighted by molar-refractivity contribution is 5.87. The van der Waals surface area contributed by atoms with Gasteiger partial charge >= 0.3 is 11.9 Å². The van der Waals surface area contributed by atoms with Crippen molar-refractivity contribution in [1.29, 1.82) is 0 Å². The number of aliphatic hydroxyl groups excluding tert-OH is 1. The molecule has 0 radical (unpaired) electrons. The molecule has 1 aromatic carbocycles. The van der Waals surface area contributed by atoms with Crippen molar-refractivity contribution < 1.29 is 24.5 Å². The van der Waals surface area contributed by atoms with E-state index in [1.54, 1.807) is 0 Å². The maximum atomic E-state index is 11.4. The van der Waals surface area contributed by atoms with Gasteiger partial charge in [0.15, 0.2) is 0 Å². The number of benzene rings is 1. The molecule has 98 valence electrons. The molecule has 0 aliphatic carbocycles. The number of aromatic carboxylic acids is 1. The summed E-state index contributed by atoms with van der Waals surface area (Å²) in [6, 6.07) is 5.68. The van der Waals surface area contributed by atoms with Gasteiger partial charge < -0.3 is 14.9 Å². The summed E-state index contributed by atoms with van der Waals surface area (Å²) in [6.07, 6.45) is 2.43. The van der Waals surface area contributed by atoms with E-state index in [4.69, 9.17) is 14.9 Å². The highest BCUT2D eigenvalue weighted by atomic mass is 16.5. The van der Waals surface area contributed by atoms with Crippen molar-refractivity contribution in [2.24, 2.45) is 0 Å². The summed E-state index contributed by atoms with van der Waals surface area (Å²) in [6.45, 7) is 0.131. The van der Waals surface area contributed by atoms with Crippen LogP contribution >= 0.6 is 0 Å². The fraction of sp³-hybridized carbons (Fsp3) is 0.385. The molecule has 0 amide bonds. The molecular weight excluding hydrogens is 236 g/mol. The molecule has 1 rings (SSSR count). The Morgan fingerprint density at radius 2 is 1.72 bits per heavy atom. The van der Waals surface area contributed by atoms with Crippen molar-refractivity contribution in [3.8, 4) is 5.75 Å². The van der Waals surface area contributed by atoms with Crippen molar-refractivity contribution in [1.82, 2.24) is 0 Å². The van der Waals surface area contributed by atoms with Crippen LogP contribution in [0, 0.1) is 0 Å². The lowest BCUT2D eigenvalue weighted by atomic mass is 10.2. The predicted octanol–water partition coefficient (Wildman–Crippen LogP) is 1.84. The predicted molar refractivity (Wildman–Crippen MR) is 64.6 cm³/mol. The van der Waals surface area contributed by atoms with Gasteiger partial charge in [-0.1, -0.05) is 6.42 Å². The second-order valence-corrected chi connectivity index (χ2v) is 3.84. The van der Waals surface area contributed by atoms with Crippen LogP contribution in [0.15, 0.2) is 24.3 Å². The van der Waals surface area contributed by atoms with Crippen LogP contribution in [0.2, 0.25) is 0 Å². The van der Waals surface area contributed by atoms with E-state index in [1.807, 2.05) is 0 Å². The number of rotatable bonds is 7. The van der Waals surface area contributed by atoms with E-state index in [-0.39, 0.29) is 18.1 Å². The molecule has 2 N–H and O–H groups in total. The summed E-state index contributed by atoms with van der Waals surface area (Å²) < 4.78 is 5.03. The number of unbranched alkanes of at least 4 members (excludes halogenated alkanes) is 2. The standard InChI is InChI=1S/C13H16O5/c14-9-3-1-2-4-12(15)18-11-7-5-10(6-8-11)13(16)17/h5-8,14H,1-4,9H2,(H,16,17). The van der Waals surface area contributed by atoms with Crippen LogP contribution in [0.25, 0.3) is 0 Å². The van der Waals surface area contributed by atoms with E-state index in [9.17, 15) is 9.59 Å². The van der Waals surface area contributed by atoms with E-state index in [0.717, 1.165) is 6.42 Å². The maximum absolute atomic E-state index is 11.4. The van der Waals surface area contributed by atoms with Gasteiger partial charge in [0.05, 0.1) is 5.56 Å². The zero-order valence-electron chi connectivity index (χ0n) is 9.96. The average molecular weight is 252 g/mol. The minimum Gasteiger partial charge on any atom is -0.478 e. The third-order valence-electron chi connectivity index (χ3n) is 2.37. The minimum atomic E-state index is -1.02. The second kappa shape index (κ2) is 7.45. The van der Waals surface area contributed by atoms with Crippen LogP contribution in [-0.4, -0.2) is 28.8 Å². The maximum Gasteiger partial charge on any atom is 0.335 e. The SMILES string of the molecule is O=C(CCCCCO)Oc1ccc(C(=O)O)cc1. The molecule has 0 bridgehead atoms. The number of carboxylic acid groups (broad SMARTS) is 1. The first kappa shape index (κ1) is 14.2. The van der Waals surface area contributed by atoms with Crippen molar-refractivity contribution >= 4 is 11.9 Å². The zero-order chi connectivity index (χ0) is 13.4. The molecule has 0 unspecified atom stereocenters. The third kappa shape index (κ3) is 4.97. The number of hydrogen-bond acceptors (Lipinski definition) is 4. The summed E-state index contributed by atoms with van der Waals surface area (Å²) in [5, 5.41) is 17.3. The van der Waals surface area contributed by atoms with Gasteiger partial charge in [-0.2, -0.15) is 0 Å². The van der Waals surface area contributed by atoms with Crippen LogP contribution in [-0.2, 0) is 4.79 Å². The number of hydrogen-bond donors (Lipinski definition) is 2. The molecule has 0 fully saturated rings. The molecular formula is C13H16O5. The molecule has 0 saturated heterocycles. The van der Waals surface area contributed by atoms with Crippen molar-refractivity contribution in [2.45, 2.75) is 25.7 Å². The highest BCUT2D eigenvalue weighted by Crippen LogP contribution is 2.13. The molecule has 5 heteroatoms. The normalized spacial score (nSPS) is 10.1. The Morgan fingerprint density at radius 3 is 2.28 bits per heavy atom. The third-order valence-corrected chi connectivity index (χ3v) is 2.37. The van der Waals surface area contributed by atoms with E-state index in [2.05, 4.69) is 0 Å². The number of aliphatic hydroxyl groups is 1. The van der Waals surface area contributed by atoms with Crippen LogP contribution in [0.4, 0.5) is 0 Å². The number of esters is 1. The molecule has 1 aromatic rings. The molecule has 0 heterocycles. The molecule has 0 aliphatic heterocycles. The van der Waals surface area contributed by atoms with Crippen molar-refractivity contribution in [3.05, 3.63) is 29.8 Å². The summed E-state index contributed by atoms with van der Waals surface area (Å²) in [5.41, 5.74) is 0.151. The zero-order valence-corrected chi connectivity index (χ0v) is 9.96. The van der Waals surface area contributed by atoms with E-state index < -0.39 is 5.97 Å². The molecule has 0 atom stereocenters. The van der Waals surface area contributed by atoms with Crippen molar-refractivity contribution in [3.63, 3.8) is 0 Å². The minimum absolute atomic E-state index is 0.131. The second-order valence-electron chi connectivity index (χ2n) is 3.84. The van der Waals surface area contributed by atoms with Crippen LogP contribution < -0.4 is 4.74 Å². The van der Waals surface area contributed by atoms with Gasteiger partial charge in [-0.25, -0.2) is 4.79 Å². The van der Waals surface area contributed by atoms with E-state index in [0.29, 0.717) is 25.0 Å². The van der Waals surface area contributed by atoms with Crippen LogP contribution in [0.1, 0.15) is 36.0 Å². The molecule has 5 nitrogen and oxygen atoms in total. The van der Waals surface area contributed by atoms with Gasteiger partial charge in [0.1, 0.15) is 5.75 Å². The molecule has 0 saturated carbocycles. The van der Waals surface area contributed by atoms with Gasteiger partial charge in [0, 0.05) is 13.0 Å². The lowest BCUT2D eigenvalue weighted by Crippen LogP contribution is -2.07. The summed E-state index contributed by atoms with van der Waals surface area (Å²) in [4.78, 5) is 22.0.